The molecule has 1 aliphatic heterocycles. The van der Waals surface area contributed by atoms with Crippen LogP contribution in [-0.4, -0.2) is 47.0 Å². The largest absolute Gasteiger partial charge is 0.298 e. The lowest BCUT2D eigenvalue weighted by Crippen LogP contribution is -2.48. The van der Waals surface area contributed by atoms with Crippen molar-refractivity contribution in [3.63, 3.8) is 0 Å². The third kappa shape index (κ3) is 4.19. The summed E-state index contributed by atoms with van der Waals surface area (Å²) in [6.07, 6.45) is 2.13. The first-order valence-electron chi connectivity index (χ1n) is 10.1. The highest BCUT2D eigenvalue weighted by molar-refractivity contribution is 7.15. The summed E-state index contributed by atoms with van der Waals surface area (Å²) < 4.78 is 0. The van der Waals surface area contributed by atoms with Gasteiger partial charge in [0.1, 0.15) is 5.01 Å². The Hall–Kier alpha value is -1.23. The molecule has 0 radical (unpaired) electrons. The Labute approximate surface area is 163 Å². The van der Waals surface area contributed by atoms with Crippen LogP contribution in [-0.2, 0) is 19.4 Å². The first-order valence-corrected chi connectivity index (χ1v) is 10.9. The van der Waals surface area contributed by atoms with E-state index >= 15 is 0 Å². The minimum atomic E-state index is 0.659. The van der Waals surface area contributed by atoms with Gasteiger partial charge in [0.05, 0.1) is 5.69 Å². The Morgan fingerprint density at radius 1 is 1.04 bits per heavy atom. The van der Waals surface area contributed by atoms with Gasteiger partial charge in [-0.2, -0.15) is 0 Å². The van der Waals surface area contributed by atoms with E-state index in [9.17, 15) is 0 Å². The molecule has 0 N–H and O–H groups in total. The van der Waals surface area contributed by atoms with E-state index in [-0.39, 0.29) is 0 Å². The van der Waals surface area contributed by atoms with Gasteiger partial charge in [0, 0.05) is 49.2 Å². The van der Waals surface area contributed by atoms with Gasteiger partial charge in [-0.05, 0) is 44.7 Å². The summed E-state index contributed by atoms with van der Waals surface area (Å²) in [5, 5.41) is 1.22. The fraction of sp³-hybridized carbons (Fsp3) is 0.591. The summed E-state index contributed by atoms with van der Waals surface area (Å²) in [5.41, 5.74) is 5.45. The van der Waals surface area contributed by atoms with Crippen molar-refractivity contribution in [1.29, 1.82) is 0 Å². The van der Waals surface area contributed by atoms with E-state index in [2.05, 4.69) is 62.6 Å². The SMILES string of the molecule is CCc1cccc(CC)c1-c1nc(C)c(CN2CCN(C(C)C)CC2)s1. The van der Waals surface area contributed by atoms with Gasteiger partial charge >= 0.3 is 0 Å². The average molecular weight is 372 g/mol. The average Bonchev–Trinajstić information content (AvgIpc) is 3.01. The molecule has 1 aromatic carbocycles. The van der Waals surface area contributed by atoms with Crippen LogP contribution in [0.3, 0.4) is 0 Å². The Balaban J connectivity index is 1.79. The van der Waals surface area contributed by atoms with Crippen molar-refractivity contribution < 1.29 is 0 Å². The van der Waals surface area contributed by atoms with E-state index in [0.717, 1.165) is 32.5 Å². The summed E-state index contributed by atoms with van der Waals surface area (Å²) >= 11 is 1.91. The number of nitrogens with zero attached hydrogens (tertiary/aromatic N) is 3. The van der Waals surface area contributed by atoms with E-state index in [1.165, 1.54) is 45.4 Å². The smallest absolute Gasteiger partial charge is 0.124 e. The van der Waals surface area contributed by atoms with Crippen molar-refractivity contribution in [1.82, 2.24) is 14.8 Å². The van der Waals surface area contributed by atoms with Crippen molar-refractivity contribution in [2.45, 2.75) is 60.0 Å². The molecule has 0 bridgehead atoms. The number of aromatic nitrogens is 1. The van der Waals surface area contributed by atoms with Crippen LogP contribution >= 0.6 is 11.3 Å². The fourth-order valence-electron chi connectivity index (χ4n) is 3.84. The van der Waals surface area contributed by atoms with Crippen molar-refractivity contribution in [3.05, 3.63) is 39.9 Å². The lowest BCUT2D eigenvalue weighted by Gasteiger charge is -2.36. The monoisotopic (exact) mass is 371 g/mol. The molecule has 0 saturated carbocycles. The zero-order valence-electron chi connectivity index (χ0n) is 17.0. The third-order valence-corrected chi connectivity index (χ3v) is 6.77. The normalized spacial score (nSPS) is 16.5. The van der Waals surface area contributed by atoms with Crippen molar-refractivity contribution in [2.75, 3.05) is 26.2 Å². The number of benzene rings is 1. The van der Waals surface area contributed by atoms with Gasteiger partial charge in [-0.3, -0.25) is 9.80 Å². The van der Waals surface area contributed by atoms with Crippen LogP contribution < -0.4 is 0 Å². The van der Waals surface area contributed by atoms with Gasteiger partial charge < -0.3 is 0 Å². The number of aryl methyl sites for hydroxylation is 3. The molecule has 4 heteroatoms. The Morgan fingerprint density at radius 3 is 2.19 bits per heavy atom. The molecule has 1 fully saturated rings. The van der Waals surface area contributed by atoms with Crippen LogP contribution in [0, 0.1) is 6.92 Å². The quantitative estimate of drug-likeness (QED) is 0.729. The molecular weight excluding hydrogens is 338 g/mol. The number of thiazole rings is 1. The van der Waals surface area contributed by atoms with Crippen LogP contribution in [0.4, 0.5) is 0 Å². The van der Waals surface area contributed by atoms with Gasteiger partial charge in [-0.25, -0.2) is 4.98 Å². The highest BCUT2D eigenvalue weighted by Crippen LogP contribution is 2.34. The zero-order valence-corrected chi connectivity index (χ0v) is 17.8. The zero-order chi connectivity index (χ0) is 18.7. The second-order valence-corrected chi connectivity index (χ2v) is 8.68. The van der Waals surface area contributed by atoms with Crippen molar-refractivity contribution >= 4 is 11.3 Å². The van der Waals surface area contributed by atoms with E-state index < -0.39 is 0 Å². The molecule has 26 heavy (non-hydrogen) atoms. The summed E-state index contributed by atoms with van der Waals surface area (Å²) in [6.45, 7) is 17.0. The lowest BCUT2D eigenvalue weighted by atomic mass is 9.98. The first kappa shape index (κ1) is 19.5. The molecule has 0 unspecified atom stereocenters. The minimum Gasteiger partial charge on any atom is -0.298 e. The number of piperazine rings is 1. The molecule has 3 nitrogen and oxygen atoms in total. The highest BCUT2D eigenvalue weighted by Gasteiger charge is 2.21. The number of rotatable bonds is 6. The summed E-state index contributed by atoms with van der Waals surface area (Å²) in [7, 11) is 0. The molecular formula is C22H33N3S. The van der Waals surface area contributed by atoms with Crippen molar-refractivity contribution in [3.8, 4) is 10.6 Å². The van der Waals surface area contributed by atoms with Gasteiger partial charge in [0.15, 0.2) is 0 Å². The van der Waals surface area contributed by atoms with E-state index in [4.69, 9.17) is 4.98 Å². The maximum absolute atomic E-state index is 4.99. The van der Waals surface area contributed by atoms with Crippen molar-refractivity contribution in [2.24, 2.45) is 0 Å². The predicted octanol–water partition coefficient (Wildman–Crippen LogP) is 4.77. The standard InChI is InChI=1S/C22H33N3S/c1-6-18-9-8-10-19(7-2)21(18)22-23-17(5)20(26-22)15-24-11-13-25(14-12-24)16(3)4/h8-10,16H,6-7,11-15H2,1-5H3. The number of hydrogen-bond donors (Lipinski definition) is 0. The van der Waals surface area contributed by atoms with Gasteiger partial charge in [0.25, 0.3) is 0 Å². The summed E-state index contributed by atoms with van der Waals surface area (Å²) in [6, 6.07) is 7.37. The second kappa shape index (κ2) is 8.64. The molecule has 0 aliphatic carbocycles. The summed E-state index contributed by atoms with van der Waals surface area (Å²) in [5.74, 6) is 0. The van der Waals surface area contributed by atoms with E-state index in [1.54, 1.807) is 0 Å². The van der Waals surface area contributed by atoms with E-state index in [1.807, 2.05) is 11.3 Å². The van der Waals surface area contributed by atoms with Crippen LogP contribution in [0.15, 0.2) is 18.2 Å². The maximum atomic E-state index is 4.99. The topological polar surface area (TPSA) is 19.4 Å². The predicted molar refractivity (Wildman–Crippen MR) is 113 cm³/mol. The fourth-order valence-corrected chi connectivity index (χ4v) is 5.06. The lowest BCUT2D eigenvalue weighted by molar-refractivity contribution is 0.104. The third-order valence-electron chi connectivity index (χ3n) is 5.61. The van der Waals surface area contributed by atoms with Crippen LogP contribution in [0.5, 0.6) is 0 Å². The summed E-state index contributed by atoms with van der Waals surface area (Å²) in [4.78, 5) is 11.6. The van der Waals surface area contributed by atoms with Crippen LogP contribution in [0.1, 0.15) is 49.4 Å². The second-order valence-electron chi connectivity index (χ2n) is 7.59. The molecule has 2 aromatic rings. The molecule has 142 valence electrons. The minimum absolute atomic E-state index is 0.659. The molecule has 1 saturated heterocycles. The van der Waals surface area contributed by atoms with Crippen LogP contribution in [0.25, 0.3) is 10.6 Å². The molecule has 0 atom stereocenters. The van der Waals surface area contributed by atoms with Gasteiger partial charge in [-0.1, -0.05) is 32.0 Å². The number of hydrogen-bond acceptors (Lipinski definition) is 4. The Morgan fingerprint density at radius 2 is 1.65 bits per heavy atom. The Kier molecular flexibility index (Phi) is 6.49. The Bertz CT molecular complexity index is 705. The van der Waals surface area contributed by atoms with Crippen LogP contribution in [0.2, 0.25) is 0 Å². The molecule has 1 aliphatic rings. The van der Waals surface area contributed by atoms with E-state index in [0.29, 0.717) is 6.04 Å². The molecule has 0 spiro atoms. The van der Waals surface area contributed by atoms with Gasteiger partial charge in [0.2, 0.25) is 0 Å². The molecule has 0 amide bonds. The highest BCUT2D eigenvalue weighted by atomic mass is 32.1. The molecule has 2 heterocycles. The maximum Gasteiger partial charge on any atom is 0.124 e. The van der Waals surface area contributed by atoms with Gasteiger partial charge in [-0.15, -0.1) is 11.3 Å². The molecule has 3 rings (SSSR count). The molecule has 1 aromatic heterocycles. The first-order chi connectivity index (χ1) is 12.5.